The van der Waals surface area contributed by atoms with E-state index in [0.29, 0.717) is 52.4 Å². The zero-order chi connectivity index (χ0) is 83.2. The van der Waals surface area contributed by atoms with Crippen LogP contribution in [0.25, 0.3) is 180 Å². The van der Waals surface area contributed by atoms with Crippen molar-refractivity contribution in [3.63, 3.8) is 0 Å². The Labute approximate surface area is 718 Å². The summed E-state index contributed by atoms with van der Waals surface area (Å²) >= 11 is 0. The molecule has 0 spiro atoms. The van der Waals surface area contributed by atoms with E-state index in [-0.39, 0.29) is 16.2 Å². The smallest absolute Gasteiger partial charge is 0.164 e. The van der Waals surface area contributed by atoms with Crippen molar-refractivity contribution in [3.8, 4) is 180 Å². The number of hydrogen-bond donors (Lipinski definition) is 0. The Hall–Kier alpha value is -15.5. The largest absolute Gasteiger partial charge is 0.208 e. The fourth-order valence-corrected chi connectivity index (χ4v) is 18.1. The van der Waals surface area contributed by atoms with Gasteiger partial charge in [0.1, 0.15) is 0 Å². The van der Waals surface area contributed by atoms with E-state index in [9.17, 15) is 0 Å². The number of hydrogen-bond acceptors (Lipinski definition) is 9. The second kappa shape index (κ2) is 32.0. The highest BCUT2D eigenvalue weighted by molar-refractivity contribution is 5.96. The van der Waals surface area contributed by atoms with Crippen LogP contribution in [0.2, 0.25) is 0 Å². The van der Waals surface area contributed by atoms with Gasteiger partial charge in [-0.05, 0) is 129 Å². The Morgan fingerprint density at radius 1 is 0.130 bits per heavy atom. The molecule has 0 atom stereocenters. The van der Waals surface area contributed by atoms with Crippen molar-refractivity contribution in [2.75, 3.05) is 0 Å². The number of fused-ring (bicyclic) bond motifs is 9. The van der Waals surface area contributed by atoms with Gasteiger partial charge in [0, 0.05) is 66.3 Å². The minimum Gasteiger partial charge on any atom is -0.208 e. The molecule has 0 amide bonds. The molecule has 3 aliphatic carbocycles. The number of rotatable bonds is 13. The monoisotopic (exact) mass is 1580 g/mol. The zero-order valence-corrected chi connectivity index (χ0v) is 69.2. The summed E-state index contributed by atoms with van der Waals surface area (Å²) in [5, 5.41) is 0. The Morgan fingerprint density at radius 2 is 0.301 bits per heavy atom. The number of nitrogens with zero attached hydrogens (tertiary/aromatic N) is 9. The Morgan fingerprint density at radius 3 is 0.585 bits per heavy atom. The maximum atomic E-state index is 4.95. The number of benzene rings is 16. The number of aromatic nitrogens is 9. The van der Waals surface area contributed by atoms with Gasteiger partial charge in [0.15, 0.2) is 52.4 Å². The van der Waals surface area contributed by atoms with Crippen LogP contribution in [0, 0.1) is 0 Å². The molecule has 0 saturated carbocycles. The fraction of sp³-hybridized carbons (Fsp3) is 0.0789. The van der Waals surface area contributed by atoms with E-state index < -0.39 is 0 Å². The lowest BCUT2D eigenvalue weighted by atomic mass is 9.82. The third kappa shape index (κ3) is 14.5. The lowest BCUT2D eigenvalue weighted by molar-refractivity contribution is 0.660. The van der Waals surface area contributed by atoms with Crippen LogP contribution < -0.4 is 0 Å². The first-order chi connectivity index (χ1) is 60.2. The zero-order valence-electron chi connectivity index (χ0n) is 69.2. The van der Waals surface area contributed by atoms with Gasteiger partial charge in [0.05, 0.1) is 0 Å². The molecule has 0 radical (unpaired) electrons. The molecule has 22 rings (SSSR count). The second-order valence-electron chi connectivity index (χ2n) is 33.1. The SMILES string of the molecule is CC1(C)c2ccccc2-c2c(-c3ccc(-c4nc(-c5ccccc5)nc(-c5ccccc5)n4)cc3)cccc21.CC1(C)c2ccccc2-c2c(-c3cccc(-c4cccc(-c5nc(-c6ccccc6)nc(-c6ccccc6)n5)c4)c3)cccc21.CC1(C)c2ccccc2-c2c(-c3cccc(-c4nc(-c5ccccc5)nc(-c5ccccc5)n4)c3)cccc21. The summed E-state index contributed by atoms with van der Waals surface area (Å²) in [6, 6.07) is 142. The maximum absolute atomic E-state index is 4.95. The van der Waals surface area contributed by atoms with Crippen LogP contribution >= 0.6 is 0 Å². The van der Waals surface area contributed by atoms with E-state index in [4.69, 9.17) is 44.9 Å². The van der Waals surface area contributed by atoms with Crippen LogP contribution in [0.3, 0.4) is 0 Å². The molecule has 19 aromatic rings. The van der Waals surface area contributed by atoms with Crippen LogP contribution in [0.15, 0.2) is 406 Å². The fourth-order valence-electron chi connectivity index (χ4n) is 18.1. The molecule has 3 aliphatic rings. The molecule has 0 fully saturated rings. The van der Waals surface area contributed by atoms with Crippen molar-refractivity contribution in [2.45, 2.75) is 57.8 Å². The minimum atomic E-state index is -0.0388. The summed E-state index contributed by atoms with van der Waals surface area (Å²) in [4.78, 5) is 44.1. The van der Waals surface area contributed by atoms with Gasteiger partial charge >= 0.3 is 0 Å². The second-order valence-corrected chi connectivity index (χ2v) is 33.1. The molecule has 0 saturated heterocycles. The molecule has 0 N–H and O–H groups in total. The summed E-state index contributed by atoms with van der Waals surface area (Å²) in [7, 11) is 0. The summed E-state index contributed by atoms with van der Waals surface area (Å²) in [5.41, 5.74) is 34.4. The maximum Gasteiger partial charge on any atom is 0.164 e. The van der Waals surface area contributed by atoms with E-state index in [2.05, 4.69) is 266 Å². The Kier molecular flexibility index (Phi) is 19.8. The summed E-state index contributed by atoms with van der Waals surface area (Å²) in [6.45, 7) is 13.9. The van der Waals surface area contributed by atoms with Gasteiger partial charge in [-0.1, -0.05) is 430 Å². The van der Waals surface area contributed by atoms with E-state index in [1.807, 2.05) is 182 Å². The highest BCUT2D eigenvalue weighted by atomic mass is 15.1. The molecule has 3 aromatic heterocycles. The van der Waals surface area contributed by atoms with Gasteiger partial charge in [0.25, 0.3) is 0 Å². The molecule has 586 valence electrons. The molecule has 123 heavy (non-hydrogen) atoms. The molecule has 0 bridgehead atoms. The molecule has 9 nitrogen and oxygen atoms in total. The summed E-state index contributed by atoms with van der Waals surface area (Å²) in [6.07, 6.45) is 0. The van der Waals surface area contributed by atoms with Crippen molar-refractivity contribution >= 4 is 0 Å². The topological polar surface area (TPSA) is 116 Å². The first-order valence-electron chi connectivity index (χ1n) is 42.0. The van der Waals surface area contributed by atoms with E-state index in [0.717, 1.165) is 66.8 Å². The Balaban J connectivity index is 0.000000118. The van der Waals surface area contributed by atoms with Crippen LogP contribution in [0.4, 0.5) is 0 Å². The first-order valence-corrected chi connectivity index (χ1v) is 42.0. The van der Waals surface area contributed by atoms with Crippen molar-refractivity contribution in [2.24, 2.45) is 0 Å². The molecule has 9 heteroatoms. The Bertz CT molecular complexity index is 7000. The van der Waals surface area contributed by atoms with Gasteiger partial charge in [-0.3, -0.25) is 0 Å². The van der Waals surface area contributed by atoms with E-state index >= 15 is 0 Å². The molecule has 16 aromatic carbocycles. The normalized spacial score (nSPS) is 13.0. The van der Waals surface area contributed by atoms with Crippen LogP contribution in [0.5, 0.6) is 0 Å². The van der Waals surface area contributed by atoms with Crippen LogP contribution in [0.1, 0.15) is 74.9 Å². The quantitative estimate of drug-likeness (QED) is 0.111. The van der Waals surface area contributed by atoms with Crippen molar-refractivity contribution in [3.05, 3.63) is 440 Å². The molecule has 0 aliphatic heterocycles. The predicted octanol–water partition coefficient (Wildman–Crippen LogP) is 28.2. The summed E-state index contributed by atoms with van der Waals surface area (Å²) in [5.74, 6) is 5.98. The third-order valence-corrected chi connectivity index (χ3v) is 24.4. The minimum absolute atomic E-state index is 0.0194. The lowest BCUT2D eigenvalue weighted by Crippen LogP contribution is -2.14. The summed E-state index contributed by atoms with van der Waals surface area (Å²) < 4.78 is 0. The standard InChI is InChI=1S/C42H31N3.2C36H27N3/c1-42(2)36-24-10-9-22-35(36)38-34(23-13-25-37(38)42)32-20-11-18-30(26-32)31-19-12-21-33(27-31)41-44-39(28-14-5-3-6-15-28)43-40(45-41)29-16-7-4-8-17-29;1-36(2)30-21-10-9-19-29(30)32-28(20-12-22-31(32)36)26-17-11-18-27(23-26)35-38-33(24-13-5-3-6-14-24)37-34(39-35)25-15-7-4-8-16-25;1-36(2)30-18-10-9-16-29(30)32-28(17-11-19-31(32)36)24-20-22-27(23-21-24)35-38-33(25-12-5-3-6-13-25)37-34(39-35)26-14-7-4-8-15-26/h3-27H,1-2H3;2*3-23H,1-2H3. The average Bonchev–Trinajstić information content (AvgIpc) is 1.58. The van der Waals surface area contributed by atoms with Crippen molar-refractivity contribution in [1.29, 1.82) is 0 Å². The highest BCUT2D eigenvalue weighted by Crippen LogP contribution is 2.56. The third-order valence-electron chi connectivity index (χ3n) is 24.4. The van der Waals surface area contributed by atoms with Gasteiger partial charge in [-0.25, -0.2) is 44.9 Å². The predicted molar refractivity (Wildman–Crippen MR) is 503 cm³/mol. The van der Waals surface area contributed by atoms with E-state index in [1.165, 1.54) is 94.6 Å². The highest BCUT2D eigenvalue weighted by Gasteiger charge is 2.40. The first kappa shape index (κ1) is 76.2. The van der Waals surface area contributed by atoms with Crippen molar-refractivity contribution in [1.82, 2.24) is 44.9 Å². The molecular formula is C114H85N9. The van der Waals surface area contributed by atoms with Crippen LogP contribution in [-0.4, -0.2) is 44.9 Å². The molecular weight excluding hydrogens is 1500 g/mol. The van der Waals surface area contributed by atoms with Gasteiger partial charge in [-0.2, -0.15) is 0 Å². The lowest BCUT2D eigenvalue weighted by Gasteiger charge is -2.21. The van der Waals surface area contributed by atoms with Gasteiger partial charge < -0.3 is 0 Å². The van der Waals surface area contributed by atoms with Gasteiger partial charge in [0.2, 0.25) is 0 Å². The average molecular weight is 1580 g/mol. The van der Waals surface area contributed by atoms with Crippen molar-refractivity contribution < 1.29 is 0 Å². The van der Waals surface area contributed by atoms with Crippen LogP contribution in [-0.2, 0) is 16.2 Å². The molecule has 0 unspecified atom stereocenters. The molecule has 3 heterocycles. The van der Waals surface area contributed by atoms with Gasteiger partial charge in [-0.15, -0.1) is 0 Å². The van der Waals surface area contributed by atoms with E-state index in [1.54, 1.807) is 0 Å².